The molecule has 1 aromatic rings. The molecule has 1 aromatic heterocycles. The lowest BCUT2D eigenvalue weighted by atomic mass is 10.3. The van der Waals surface area contributed by atoms with Crippen LogP contribution < -0.4 is 10.6 Å². The number of rotatable bonds is 5. The monoisotopic (exact) mass is 245 g/mol. The fourth-order valence-electron chi connectivity index (χ4n) is 1.35. The highest BCUT2D eigenvalue weighted by molar-refractivity contribution is 5.92. The van der Waals surface area contributed by atoms with Crippen LogP contribution in [0.2, 0.25) is 0 Å². The van der Waals surface area contributed by atoms with E-state index < -0.39 is 0 Å². The SMILES string of the molecule is CNCCNC(=O)c1cc(C2CC2)on1.Cl. The Kier molecular flexibility index (Phi) is 4.76. The van der Waals surface area contributed by atoms with Gasteiger partial charge in [0.1, 0.15) is 5.76 Å². The number of carbonyl (C=O) groups is 1. The van der Waals surface area contributed by atoms with Crippen molar-refractivity contribution in [2.75, 3.05) is 20.1 Å². The lowest BCUT2D eigenvalue weighted by Crippen LogP contribution is -2.30. The number of amides is 1. The zero-order valence-electron chi connectivity index (χ0n) is 9.16. The van der Waals surface area contributed by atoms with Crippen LogP contribution in [-0.4, -0.2) is 31.2 Å². The van der Waals surface area contributed by atoms with E-state index in [0.29, 0.717) is 18.2 Å². The van der Waals surface area contributed by atoms with E-state index in [4.69, 9.17) is 4.52 Å². The molecule has 0 radical (unpaired) electrons. The van der Waals surface area contributed by atoms with E-state index in [9.17, 15) is 4.79 Å². The van der Waals surface area contributed by atoms with Crippen molar-refractivity contribution in [3.8, 4) is 0 Å². The molecule has 0 atom stereocenters. The molecule has 1 saturated carbocycles. The van der Waals surface area contributed by atoms with Crippen LogP contribution in [0.15, 0.2) is 10.6 Å². The Hall–Kier alpha value is -1.07. The van der Waals surface area contributed by atoms with E-state index in [1.54, 1.807) is 6.07 Å². The van der Waals surface area contributed by atoms with Gasteiger partial charge in [0.05, 0.1) is 0 Å². The van der Waals surface area contributed by atoms with E-state index in [0.717, 1.165) is 25.1 Å². The second kappa shape index (κ2) is 5.86. The van der Waals surface area contributed by atoms with Gasteiger partial charge in [-0.05, 0) is 19.9 Å². The molecule has 1 aliphatic rings. The summed E-state index contributed by atoms with van der Waals surface area (Å²) in [5.41, 5.74) is 0.382. The number of nitrogens with one attached hydrogen (secondary N) is 2. The predicted molar refractivity (Wildman–Crippen MR) is 62.0 cm³/mol. The van der Waals surface area contributed by atoms with Crippen molar-refractivity contribution in [2.45, 2.75) is 18.8 Å². The molecule has 0 unspecified atom stereocenters. The maximum atomic E-state index is 11.5. The maximum Gasteiger partial charge on any atom is 0.273 e. The van der Waals surface area contributed by atoms with Gasteiger partial charge in [-0.2, -0.15) is 0 Å². The molecule has 90 valence electrons. The van der Waals surface area contributed by atoms with Crippen LogP contribution in [0.3, 0.4) is 0 Å². The first kappa shape index (κ1) is 13.0. The Morgan fingerprint density at radius 1 is 1.56 bits per heavy atom. The van der Waals surface area contributed by atoms with Crippen molar-refractivity contribution >= 4 is 18.3 Å². The average molecular weight is 246 g/mol. The van der Waals surface area contributed by atoms with Crippen LogP contribution >= 0.6 is 12.4 Å². The third kappa shape index (κ3) is 3.21. The lowest BCUT2D eigenvalue weighted by Gasteiger charge is -2.00. The van der Waals surface area contributed by atoms with E-state index in [-0.39, 0.29) is 18.3 Å². The van der Waals surface area contributed by atoms with Crippen LogP contribution in [0.1, 0.15) is 35.0 Å². The second-order valence-corrected chi connectivity index (χ2v) is 3.75. The van der Waals surface area contributed by atoms with Gasteiger partial charge in [0, 0.05) is 25.1 Å². The standard InChI is InChI=1S/C10H15N3O2.ClH/c1-11-4-5-12-10(14)8-6-9(15-13-8)7-2-3-7;/h6-7,11H,2-5H2,1H3,(H,12,14);1H. The normalized spacial score (nSPS) is 14.3. The summed E-state index contributed by atoms with van der Waals surface area (Å²) >= 11 is 0. The summed E-state index contributed by atoms with van der Waals surface area (Å²) in [5.74, 6) is 1.17. The molecule has 6 heteroatoms. The van der Waals surface area contributed by atoms with Gasteiger partial charge in [-0.1, -0.05) is 5.16 Å². The molecule has 0 bridgehead atoms. The van der Waals surface area contributed by atoms with Gasteiger partial charge in [0.15, 0.2) is 5.69 Å². The summed E-state index contributed by atoms with van der Waals surface area (Å²) < 4.78 is 5.09. The van der Waals surface area contributed by atoms with E-state index in [2.05, 4.69) is 15.8 Å². The smallest absolute Gasteiger partial charge is 0.273 e. The topological polar surface area (TPSA) is 67.2 Å². The van der Waals surface area contributed by atoms with Gasteiger partial charge >= 0.3 is 0 Å². The van der Waals surface area contributed by atoms with Crippen molar-refractivity contribution in [3.63, 3.8) is 0 Å². The Balaban J connectivity index is 0.00000128. The summed E-state index contributed by atoms with van der Waals surface area (Å²) in [6, 6.07) is 1.74. The van der Waals surface area contributed by atoms with Crippen LogP contribution in [0, 0.1) is 0 Å². The largest absolute Gasteiger partial charge is 0.360 e. The van der Waals surface area contributed by atoms with Crippen molar-refractivity contribution in [1.82, 2.24) is 15.8 Å². The minimum Gasteiger partial charge on any atom is -0.360 e. The van der Waals surface area contributed by atoms with Gasteiger partial charge in [-0.15, -0.1) is 12.4 Å². The van der Waals surface area contributed by atoms with Crippen molar-refractivity contribution in [1.29, 1.82) is 0 Å². The molecular formula is C10H16ClN3O2. The van der Waals surface area contributed by atoms with Gasteiger partial charge in [0.25, 0.3) is 5.91 Å². The second-order valence-electron chi connectivity index (χ2n) is 3.75. The van der Waals surface area contributed by atoms with Crippen LogP contribution in [0.25, 0.3) is 0 Å². The number of halogens is 1. The Bertz CT molecular complexity index is 350. The molecular weight excluding hydrogens is 230 g/mol. The number of carbonyl (C=O) groups excluding carboxylic acids is 1. The fourth-order valence-corrected chi connectivity index (χ4v) is 1.35. The molecule has 0 saturated heterocycles. The molecule has 1 fully saturated rings. The zero-order valence-corrected chi connectivity index (χ0v) is 9.97. The molecule has 1 amide bonds. The van der Waals surface area contributed by atoms with E-state index in [1.165, 1.54) is 0 Å². The number of aromatic nitrogens is 1. The van der Waals surface area contributed by atoms with Gasteiger partial charge in [-0.25, -0.2) is 0 Å². The minimum atomic E-state index is -0.166. The minimum absolute atomic E-state index is 0. The third-order valence-corrected chi connectivity index (χ3v) is 2.40. The molecule has 16 heavy (non-hydrogen) atoms. The molecule has 5 nitrogen and oxygen atoms in total. The molecule has 1 aliphatic carbocycles. The molecule has 2 N–H and O–H groups in total. The number of hydrogen-bond donors (Lipinski definition) is 2. The Morgan fingerprint density at radius 3 is 2.94 bits per heavy atom. The fraction of sp³-hybridized carbons (Fsp3) is 0.600. The van der Waals surface area contributed by atoms with Gasteiger partial charge in [-0.3, -0.25) is 4.79 Å². The molecule has 0 spiro atoms. The van der Waals surface area contributed by atoms with Crippen LogP contribution in [0.4, 0.5) is 0 Å². The molecule has 2 rings (SSSR count). The van der Waals surface area contributed by atoms with Crippen molar-refractivity contribution < 1.29 is 9.32 Å². The van der Waals surface area contributed by atoms with Crippen molar-refractivity contribution in [2.24, 2.45) is 0 Å². The molecule has 0 aliphatic heterocycles. The first-order valence-corrected chi connectivity index (χ1v) is 5.20. The molecule has 1 heterocycles. The van der Waals surface area contributed by atoms with E-state index >= 15 is 0 Å². The highest BCUT2D eigenvalue weighted by Crippen LogP contribution is 2.40. The molecule has 0 aromatic carbocycles. The van der Waals surface area contributed by atoms with Crippen molar-refractivity contribution in [3.05, 3.63) is 17.5 Å². The Morgan fingerprint density at radius 2 is 2.31 bits per heavy atom. The third-order valence-electron chi connectivity index (χ3n) is 2.40. The first-order valence-electron chi connectivity index (χ1n) is 5.20. The first-order chi connectivity index (χ1) is 7.31. The number of likely N-dealkylation sites (N-methyl/N-ethyl adjacent to an activating group) is 1. The van der Waals surface area contributed by atoms with E-state index in [1.807, 2.05) is 7.05 Å². The summed E-state index contributed by atoms with van der Waals surface area (Å²) in [7, 11) is 1.84. The zero-order chi connectivity index (χ0) is 10.7. The lowest BCUT2D eigenvalue weighted by molar-refractivity contribution is 0.0945. The van der Waals surface area contributed by atoms with Crippen LogP contribution in [-0.2, 0) is 0 Å². The summed E-state index contributed by atoms with van der Waals surface area (Å²) in [6.07, 6.45) is 2.30. The average Bonchev–Trinajstić information content (AvgIpc) is 2.97. The summed E-state index contributed by atoms with van der Waals surface area (Å²) in [4.78, 5) is 11.5. The number of hydrogen-bond acceptors (Lipinski definition) is 4. The number of nitrogens with zero attached hydrogens (tertiary/aromatic N) is 1. The van der Waals surface area contributed by atoms with Gasteiger partial charge in [0.2, 0.25) is 0 Å². The maximum absolute atomic E-state index is 11.5. The summed E-state index contributed by atoms with van der Waals surface area (Å²) in [5, 5.41) is 9.45. The quantitative estimate of drug-likeness (QED) is 0.758. The highest BCUT2D eigenvalue weighted by atomic mass is 35.5. The summed E-state index contributed by atoms with van der Waals surface area (Å²) in [6.45, 7) is 1.35. The highest BCUT2D eigenvalue weighted by Gasteiger charge is 2.28. The Labute approximate surface area is 100 Å². The van der Waals surface area contributed by atoms with Gasteiger partial charge < -0.3 is 15.2 Å². The predicted octanol–water partition coefficient (Wildman–Crippen LogP) is 0.923. The van der Waals surface area contributed by atoms with Crippen LogP contribution in [0.5, 0.6) is 0 Å².